The molecule has 0 aromatic heterocycles. The molecule has 0 aromatic carbocycles. The molecule has 0 aromatic rings. The van der Waals surface area contributed by atoms with Gasteiger partial charge >= 0.3 is 7.60 Å². The van der Waals surface area contributed by atoms with Gasteiger partial charge in [-0.3, -0.25) is 4.57 Å². The molecule has 0 rings (SSSR count). The Labute approximate surface area is 173 Å². The van der Waals surface area contributed by atoms with E-state index in [0.29, 0.717) is 13.0 Å². The van der Waals surface area contributed by atoms with E-state index in [1.54, 1.807) is 0 Å². The molecule has 0 saturated carbocycles. The van der Waals surface area contributed by atoms with Gasteiger partial charge in [-0.05, 0) is 6.42 Å². The van der Waals surface area contributed by atoms with E-state index in [4.69, 9.17) is 9.26 Å². The Morgan fingerprint density at radius 3 is 1.93 bits per heavy atom. The van der Waals surface area contributed by atoms with Crippen LogP contribution in [0.4, 0.5) is 0 Å². The predicted octanol–water partition coefficient (Wildman–Crippen LogP) is 4.58. The molecule has 0 aliphatic carbocycles. The van der Waals surface area contributed by atoms with Crippen molar-refractivity contribution in [2.24, 2.45) is 0 Å². The molecule has 0 saturated heterocycles. The summed E-state index contributed by atoms with van der Waals surface area (Å²) in [5, 5.41) is 9.84. The minimum Gasteiger partial charge on any atom is -0.388 e. The lowest BCUT2D eigenvalue weighted by molar-refractivity contribution is -0.870. The fourth-order valence-electron chi connectivity index (χ4n) is 2.97. The first-order chi connectivity index (χ1) is 13.2. The second kappa shape index (κ2) is 16.8. The van der Waals surface area contributed by atoms with Gasteiger partial charge < -0.3 is 23.7 Å². The summed E-state index contributed by atoms with van der Waals surface area (Å²) in [6.07, 6.45) is 12.6. The maximum atomic E-state index is 12.0. The first-order valence-electron chi connectivity index (χ1n) is 11.2. The highest BCUT2D eigenvalue weighted by molar-refractivity contribution is 7.52. The highest BCUT2D eigenvalue weighted by Gasteiger charge is 2.22. The van der Waals surface area contributed by atoms with Gasteiger partial charge in [-0.25, -0.2) is 0 Å². The largest absolute Gasteiger partial charge is 0.388 e. The number of nitrogens with zero attached hydrogens (tertiary/aromatic N) is 1. The van der Waals surface area contributed by atoms with Gasteiger partial charge in [-0.15, -0.1) is 0 Å². The monoisotopic (exact) mass is 424 g/mol. The molecule has 0 fully saturated rings. The van der Waals surface area contributed by atoms with Crippen LogP contribution in [0.25, 0.3) is 0 Å². The van der Waals surface area contributed by atoms with Crippen LogP contribution < -0.4 is 0 Å². The molecule has 2 atom stereocenters. The van der Waals surface area contributed by atoms with Crippen molar-refractivity contribution in [2.75, 3.05) is 53.7 Å². The van der Waals surface area contributed by atoms with Crippen molar-refractivity contribution in [1.29, 1.82) is 0 Å². The highest BCUT2D eigenvalue weighted by atomic mass is 31.2. The third-order valence-electron chi connectivity index (χ3n) is 4.69. The van der Waals surface area contributed by atoms with Gasteiger partial charge in [0.1, 0.15) is 6.10 Å². The quantitative estimate of drug-likeness (QED) is 0.170. The number of rotatable bonds is 20. The average molecular weight is 425 g/mol. The summed E-state index contributed by atoms with van der Waals surface area (Å²) in [7, 11) is 2.49. The summed E-state index contributed by atoms with van der Waals surface area (Å²) >= 11 is 0. The summed E-state index contributed by atoms with van der Waals surface area (Å²) < 4.78 is 23.2. The Kier molecular flexibility index (Phi) is 16.8. The van der Waals surface area contributed by atoms with Crippen molar-refractivity contribution in [1.82, 2.24) is 0 Å². The van der Waals surface area contributed by atoms with Crippen LogP contribution in [-0.2, 0) is 13.8 Å². The highest BCUT2D eigenvalue weighted by Crippen LogP contribution is 2.42. The van der Waals surface area contributed by atoms with Gasteiger partial charge in [-0.2, -0.15) is 0 Å². The van der Waals surface area contributed by atoms with Crippen LogP contribution in [0.15, 0.2) is 0 Å². The topological polar surface area (TPSA) is 76.0 Å². The van der Waals surface area contributed by atoms with Gasteiger partial charge in [0.25, 0.3) is 0 Å². The molecule has 0 amide bonds. The first kappa shape index (κ1) is 28.0. The van der Waals surface area contributed by atoms with Crippen LogP contribution >= 0.6 is 7.60 Å². The molecule has 28 heavy (non-hydrogen) atoms. The minimum atomic E-state index is -3.63. The summed E-state index contributed by atoms with van der Waals surface area (Å²) in [6.45, 7) is 3.66. The number of aliphatic hydroxyl groups excluding tert-OH is 1. The standard InChI is InChI=1S/C21H46NO5P/c1-5-6-7-8-9-10-11-12-13-14-17-26-19-21(23)20-27-28(24,25)18-15-16-22(2,3)4/h21,23H,5-20H2,1-4H3/p+1/t21-/m1/s1. The number of hydrogen-bond acceptors (Lipinski definition) is 4. The summed E-state index contributed by atoms with van der Waals surface area (Å²) in [5.74, 6) is 0. The molecule has 1 unspecified atom stereocenters. The van der Waals surface area contributed by atoms with Crippen molar-refractivity contribution < 1.29 is 28.3 Å². The van der Waals surface area contributed by atoms with E-state index in [1.807, 2.05) is 21.1 Å². The minimum absolute atomic E-state index is 0.120. The lowest BCUT2D eigenvalue weighted by Crippen LogP contribution is -2.35. The van der Waals surface area contributed by atoms with Crippen molar-refractivity contribution in [2.45, 2.75) is 83.7 Å². The molecule has 0 radical (unpaired) electrons. The second-order valence-corrected chi connectivity index (χ2v) is 10.9. The Morgan fingerprint density at radius 2 is 1.39 bits per heavy atom. The average Bonchev–Trinajstić information content (AvgIpc) is 2.59. The van der Waals surface area contributed by atoms with Crippen LogP contribution in [0, 0.1) is 0 Å². The zero-order chi connectivity index (χ0) is 21.3. The molecule has 6 nitrogen and oxygen atoms in total. The molecule has 0 aliphatic rings. The lowest BCUT2D eigenvalue weighted by atomic mass is 10.1. The molecular weight excluding hydrogens is 377 g/mol. The van der Waals surface area contributed by atoms with Crippen LogP contribution in [-0.4, -0.2) is 74.3 Å². The van der Waals surface area contributed by atoms with Crippen LogP contribution in [0.3, 0.4) is 0 Å². The normalized spacial score (nSPS) is 15.5. The molecule has 7 heteroatoms. The van der Waals surface area contributed by atoms with Crippen molar-refractivity contribution in [3.63, 3.8) is 0 Å². The number of ether oxygens (including phenoxy) is 1. The van der Waals surface area contributed by atoms with E-state index in [2.05, 4.69) is 6.92 Å². The van der Waals surface area contributed by atoms with Gasteiger partial charge in [-0.1, -0.05) is 64.7 Å². The van der Waals surface area contributed by atoms with Gasteiger partial charge in [0.15, 0.2) is 0 Å². The van der Waals surface area contributed by atoms with E-state index in [-0.39, 0.29) is 19.4 Å². The van der Waals surface area contributed by atoms with E-state index in [0.717, 1.165) is 23.9 Å². The van der Waals surface area contributed by atoms with E-state index < -0.39 is 13.7 Å². The molecule has 2 N–H and O–H groups in total. The van der Waals surface area contributed by atoms with Gasteiger partial charge in [0.2, 0.25) is 0 Å². The smallest absolute Gasteiger partial charge is 0.328 e. The lowest BCUT2D eigenvalue weighted by Gasteiger charge is -2.24. The zero-order valence-electron chi connectivity index (χ0n) is 18.9. The second-order valence-electron chi connectivity index (χ2n) is 8.94. The summed E-state index contributed by atoms with van der Waals surface area (Å²) in [4.78, 5) is 9.81. The fraction of sp³-hybridized carbons (Fsp3) is 1.00. The Hall–Kier alpha value is 0.0300. The van der Waals surface area contributed by atoms with Crippen LogP contribution in [0.2, 0.25) is 0 Å². The third-order valence-corrected chi connectivity index (χ3v) is 6.12. The van der Waals surface area contributed by atoms with Gasteiger partial charge in [0.05, 0.1) is 47.1 Å². The number of unbranched alkanes of at least 4 members (excludes halogenated alkanes) is 9. The van der Waals surface area contributed by atoms with E-state index in [9.17, 15) is 14.6 Å². The maximum Gasteiger partial charge on any atom is 0.328 e. The van der Waals surface area contributed by atoms with Crippen LogP contribution in [0.5, 0.6) is 0 Å². The molecular formula is C21H47NO5P+. The summed E-state index contributed by atoms with van der Waals surface area (Å²) in [6, 6.07) is 0. The Balaban J connectivity index is 3.49. The molecule has 0 spiro atoms. The number of quaternary nitrogens is 1. The Morgan fingerprint density at radius 1 is 0.857 bits per heavy atom. The van der Waals surface area contributed by atoms with Crippen molar-refractivity contribution in [3.8, 4) is 0 Å². The van der Waals surface area contributed by atoms with E-state index in [1.165, 1.54) is 51.4 Å². The van der Waals surface area contributed by atoms with Crippen molar-refractivity contribution in [3.05, 3.63) is 0 Å². The molecule has 170 valence electrons. The molecule has 0 heterocycles. The Bertz CT molecular complexity index is 401. The number of hydrogen-bond donors (Lipinski definition) is 2. The van der Waals surface area contributed by atoms with Crippen LogP contribution in [0.1, 0.15) is 77.6 Å². The predicted molar refractivity (Wildman–Crippen MR) is 117 cm³/mol. The third kappa shape index (κ3) is 20.8. The SMILES string of the molecule is CCCCCCCCCCCCOC[C@@H](O)COP(=O)(O)CCC[N+](C)(C)C. The van der Waals surface area contributed by atoms with Crippen molar-refractivity contribution >= 4 is 7.60 Å². The maximum absolute atomic E-state index is 12.0. The fourth-order valence-corrected chi connectivity index (χ4v) is 4.05. The number of aliphatic hydroxyl groups is 1. The molecule has 0 aliphatic heterocycles. The summed E-state index contributed by atoms with van der Waals surface area (Å²) in [5.41, 5.74) is 0. The van der Waals surface area contributed by atoms with E-state index >= 15 is 0 Å². The van der Waals surface area contributed by atoms with Gasteiger partial charge in [0, 0.05) is 13.0 Å². The zero-order valence-corrected chi connectivity index (χ0v) is 19.8. The molecule has 0 bridgehead atoms. The first-order valence-corrected chi connectivity index (χ1v) is 12.9.